The Hall–Kier alpha value is -2.01. The molecule has 102 valence electrons. The summed E-state index contributed by atoms with van der Waals surface area (Å²) in [5.74, 6) is -0.213. The van der Waals surface area contributed by atoms with Gasteiger partial charge < -0.3 is 15.7 Å². The summed E-state index contributed by atoms with van der Waals surface area (Å²) in [6.45, 7) is 0.910. The summed E-state index contributed by atoms with van der Waals surface area (Å²) < 4.78 is 0.547. The van der Waals surface area contributed by atoms with Crippen LogP contribution < -0.4 is 10.6 Å². The third-order valence-electron chi connectivity index (χ3n) is 3.32. The quantitative estimate of drug-likeness (QED) is 0.739. The summed E-state index contributed by atoms with van der Waals surface area (Å²) in [6.07, 6.45) is 0.990. The molecule has 0 aromatic heterocycles. The normalized spacial score (nSPS) is 12.7. The summed E-state index contributed by atoms with van der Waals surface area (Å²) in [7, 11) is 0. The van der Waals surface area contributed by atoms with Gasteiger partial charge >= 0.3 is 0 Å². The van der Waals surface area contributed by atoms with Gasteiger partial charge in [0.25, 0.3) is 5.91 Å². The van der Waals surface area contributed by atoms with Crippen LogP contribution in [0, 0.1) is 0 Å². The Morgan fingerprint density at radius 1 is 1.30 bits per heavy atom. The molecular formula is C15H13BrN2O2. The molecule has 0 radical (unpaired) electrons. The Kier molecular flexibility index (Phi) is 3.36. The number of phenolic OH excluding ortho intramolecular Hbond substituents is 1. The maximum atomic E-state index is 12.2. The number of amides is 1. The van der Waals surface area contributed by atoms with Gasteiger partial charge in [-0.3, -0.25) is 4.79 Å². The number of fused-ring (bicyclic) bond motifs is 1. The first-order chi connectivity index (χ1) is 9.65. The van der Waals surface area contributed by atoms with Crippen molar-refractivity contribution in [2.45, 2.75) is 6.42 Å². The van der Waals surface area contributed by atoms with E-state index >= 15 is 0 Å². The van der Waals surface area contributed by atoms with Crippen LogP contribution in [0.2, 0.25) is 0 Å². The zero-order valence-corrected chi connectivity index (χ0v) is 12.2. The summed E-state index contributed by atoms with van der Waals surface area (Å²) in [6, 6.07) is 10.7. The van der Waals surface area contributed by atoms with Gasteiger partial charge in [0.1, 0.15) is 0 Å². The van der Waals surface area contributed by atoms with Crippen molar-refractivity contribution in [1.29, 1.82) is 0 Å². The van der Waals surface area contributed by atoms with Crippen molar-refractivity contribution in [3.63, 3.8) is 0 Å². The monoisotopic (exact) mass is 332 g/mol. The van der Waals surface area contributed by atoms with Gasteiger partial charge in [-0.2, -0.15) is 0 Å². The van der Waals surface area contributed by atoms with E-state index < -0.39 is 0 Å². The number of nitrogens with one attached hydrogen (secondary N) is 2. The number of para-hydroxylation sites is 1. The Labute approximate surface area is 125 Å². The smallest absolute Gasteiger partial charge is 0.255 e. The number of aromatic hydroxyl groups is 1. The third kappa shape index (κ3) is 2.36. The molecule has 0 saturated carbocycles. The van der Waals surface area contributed by atoms with Crippen LogP contribution in [0.15, 0.2) is 40.9 Å². The van der Waals surface area contributed by atoms with Crippen LogP contribution in [0.5, 0.6) is 5.75 Å². The molecule has 20 heavy (non-hydrogen) atoms. The SMILES string of the molecule is O=C(Nc1cccc(Br)c1O)c1ccc2c(c1)NCC2. The van der Waals surface area contributed by atoms with Gasteiger partial charge in [-0.15, -0.1) is 0 Å². The van der Waals surface area contributed by atoms with E-state index in [0.717, 1.165) is 18.7 Å². The van der Waals surface area contributed by atoms with Crippen molar-refractivity contribution in [1.82, 2.24) is 0 Å². The van der Waals surface area contributed by atoms with Crippen LogP contribution in [0.25, 0.3) is 0 Å². The molecule has 0 saturated heterocycles. The minimum atomic E-state index is -0.241. The minimum absolute atomic E-state index is 0.0279. The van der Waals surface area contributed by atoms with E-state index in [4.69, 9.17) is 0 Å². The largest absolute Gasteiger partial charge is 0.505 e. The molecule has 1 aliphatic rings. The molecule has 1 amide bonds. The third-order valence-corrected chi connectivity index (χ3v) is 3.96. The van der Waals surface area contributed by atoms with E-state index in [-0.39, 0.29) is 11.7 Å². The lowest BCUT2D eigenvalue weighted by molar-refractivity contribution is 0.102. The van der Waals surface area contributed by atoms with E-state index in [1.165, 1.54) is 5.56 Å². The molecular weight excluding hydrogens is 320 g/mol. The lowest BCUT2D eigenvalue weighted by atomic mass is 10.1. The lowest BCUT2D eigenvalue weighted by Gasteiger charge is -2.09. The first kappa shape index (κ1) is 13.0. The average molecular weight is 333 g/mol. The highest BCUT2D eigenvalue weighted by molar-refractivity contribution is 9.10. The van der Waals surface area contributed by atoms with Crippen molar-refractivity contribution in [2.24, 2.45) is 0 Å². The maximum Gasteiger partial charge on any atom is 0.255 e. The van der Waals surface area contributed by atoms with Crippen molar-refractivity contribution in [3.8, 4) is 5.75 Å². The maximum absolute atomic E-state index is 12.2. The summed E-state index contributed by atoms with van der Waals surface area (Å²) in [5.41, 5.74) is 3.19. The van der Waals surface area contributed by atoms with Gasteiger partial charge in [-0.1, -0.05) is 12.1 Å². The number of carbonyl (C=O) groups excluding carboxylic acids is 1. The number of anilines is 2. The molecule has 0 aliphatic carbocycles. The first-order valence-corrected chi connectivity index (χ1v) is 7.10. The number of rotatable bonds is 2. The van der Waals surface area contributed by atoms with Crippen molar-refractivity contribution in [2.75, 3.05) is 17.2 Å². The number of benzene rings is 2. The zero-order valence-electron chi connectivity index (χ0n) is 10.6. The highest BCUT2D eigenvalue weighted by Crippen LogP contribution is 2.32. The van der Waals surface area contributed by atoms with E-state index in [1.54, 1.807) is 24.3 Å². The average Bonchev–Trinajstić information content (AvgIpc) is 2.91. The molecule has 5 heteroatoms. The van der Waals surface area contributed by atoms with Gasteiger partial charge in [0.05, 0.1) is 10.2 Å². The van der Waals surface area contributed by atoms with Gasteiger partial charge in [0.2, 0.25) is 0 Å². The van der Waals surface area contributed by atoms with Crippen LogP contribution in [-0.2, 0) is 6.42 Å². The molecule has 2 aromatic rings. The number of hydrogen-bond donors (Lipinski definition) is 3. The highest BCUT2D eigenvalue weighted by Gasteiger charge is 2.15. The molecule has 3 rings (SSSR count). The number of carbonyl (C=O) groups is 1. The second-order valence-electron chi connectivity index (χ2n) is 4.64. The van der Waals surface area contributed by atoms with Crippen molar-refractivity contribution in [3.05, 3.63) is 52.0 Å². The standard InChI is InChI=1S/C15H13BrN2O2/c16-11-2-1-3-12(14(11)19)18-15(20)10-5-4-9-6-7-17-13(9)8-10/h1-5,8,17,19H,6-7H2,(H,18,20). The van der Waals surface area contributed by atoms with E-state index in [0.29, 0.717) is 15.7 Å². The fraction of sp³-hybridized carbons (Fsp3) is 0.133. The second kappa shape index (κ2) is 5.17. The van der Waals surface area contributed by atoms with Gasteiger partial charge in [0, 0.05) is 17.8 Å². The molecule has 1 aliphatic heterocycles. The van der Waals surface area contributed by atoms with Crippen LogP contribution in [0.1, 0.15) is 15.9 Å². The van der Waals surface area contributed by atoms with Crippen LogP contribution in [0.4, 0.5) is 11.4 Å². The highest BCUT2D eigenvalue weighted by atomic mass is 79.9. The van der Waals surface area contributed by atoms with Crippen molar-refractivity contribution < 1.29 is 9.90 Å². The van der Waals surface area contributed by atoms with Gasteiger partial charge in [0.15, 0.2) is 5.75 Å². The van der Waals surface area contributed by atoms with Crippen LogP contribution in [0.3, 0.4) is 0 Å². The van der Waals surface area contributed by atoms with Gasteiger partial charge in [-0.25, -0.2) is 0 Å². The number of hydrogen-bond acceptors (Lipinski definition) is 3. The lowest BCUT2D eigenvalue weighted by Crippen LogP contribution is -2.12. The molecule has 2 aromatic carbocycles. The molecule has 0 fully saturated rings. The fourth-order valence-corrected chi connectivity index (χ4v) is 2.61. The summed E-state index contributed by atoms with van der Waals surface area (Å²) in [4.78, 5) is 12.2. The topological polar surface area (TPSA) is 61.4 Å². The molecule has 0 bridgehead atoms. The molecule has 3 N–H and O–H groups in total. The van der Waals surface area contributed by atoms with Crippen molar-refractivity contribution >= 4 is 33.2 Å². The predicted octanol–water partition coefficient (Wildman–Crippen LogP) is 3.38. The summed E-state index contributed by atoms with van der Waals surface area (Å²) in [5, 5.41) is 15.8. The Balaban J connectivity index is 1.84. The number of halogens is 1. The second-order valence-corrected chi connectivity index (χ2v) is 5.49. The van der Waals surface area contributed by atoms with E-state index in [2.05, 4.69) is 26.6 Å². The molecule has 0 unspecified atom stereocenters. The van der Waals surface area contributed by atoms with Crippen LogP contribution >= 0.6 is 15.9 Å². The Bertz CT molecular complexity index is 686. The van der Waals surface area contributed by atoms with E-state index in [1.807, 2.05) is 12.1 Å². The fourth-order valence-electron chi connectivity index (χ4n) is 2.24. The first-order valence-electron chi connectivity index (χ1n) is 6.31. The molecule has 0 spiro atoms. The van der Waals surface area contributed by atoms with Gasteiger partial charge in [-0.05, 0) is 52.2 Å². The molecule has 4 nitrogen and oxygen atoms in total. The predicted molar refractivity (Wildman–Crippen MR) is 82.4 cm³/mol. The molecule has 1 heterocycles. The Morgan fingerprint density at radius 3 is 3.00 bits per heavy atom. The van der Waals surface area contributed by atoms with E-state index in [9.17, 15) is 9.90 Å². The van der Waals surface area contributed by atoms with Crippen LogP contribution in [-0.4, -0.2) is 17.6 Å². The Morgan fingerprint density at radius 2 is 2.15 bits per heavy atom. The number of phenols is 1. The summed E-state index contributed by atoms with van der Waals surface area (Å²) >= 11 is 3.22. The zero-order chi connectivity index (χ0) is 14.1. The molecule has 0 atom stereocenters. The minimum Gasteiger partial charge on any atom is -0.505 e.